The molecular formula is C18H18ClNOS. The van der Waals surface area contributed by atoms with Crippen LogP contribution in [0.5, 0.6) is 5.75 Å². The van der Waals surface area contributed by atoms with Gasteiger partial charge in [-0.3, -0.25) is 0 Å². The van der Waals surface area contributed by atoms with Crippen molar-refractivity contribution in [1.82, 2.24) is 4.90 Å². The van der Waals surface area contributed by atoms with Gasteiger partial charge in [0.25, 0.3) is 0 Å². The van der Waals surface area contributed by atoms with Crippen LogP contribution in [0.4, 0.5) is 0 Å². The van der Waals surface area contributed by atoms with E-state index >= 15 is 0 Å². The second-order valence-electron chi connectivity index (χ2n) is 5.63. The smallest absolute Gasteiger partial charge is 0.116 e. The molecule has 1 heterocycles. The summed E-state index contributed by atoms with van der Waals surface area (Å²) in [6.45, 7) is 1.000. The molecule has 3 rings (SSSR count). The van der Waals surface area contributed by atoms with Gasteiger partial charge in [-0.2, -0.15) is 0 Å². The summed E-state index contributed by atoms with van der Waals surface area (Å²) in [5, 5.41) is 10.5. The molecule has 2 nitrogen and oxygen atoms in total. The lowest BCUT2D eigenvalue weighted by atomic mass is 9.96. The standard InChI is InChI=1S/C18H18ClNOS/c1-20(2)9-3-4-14-15-7-6-13(21)11-18(15)22-17-8-5-12(19)10-16(14)17/h4-8,10-11,21H,3,9H2,1-2H3/b14-4+. The van der Waals surface area contributed by atoms with Crippen molar-refractivity contribution < 1.29 is 5.11 Å². The van der Waals surface area contributed by atoms with Crippen LogP contribution >= 0.6 is 23.4 Å². The highest BCUT2D eigenvalue weighted by atomic mass is 35.5. The van der Waals surface area contributed by atoms with E-state index in [-0.39, 0.29) is 0 Å². The number of phenolic OH excluding ortho intramolecular Hbond substituents is 1. The Morgan fingerprint density at radius 1 is 1.09 bits per heavy atom. The quantitative estimate of drug-likeness (QED) is 0.739. The minimum Gasteiger partial charge on any atom is -0.508 e. The van der Waals surface area contributed by atoms with Crippen molar-refractivity contribution in [2.75, 3.05) is 20.6 Å². The number of benzene rings is 2. The summed E-state index contributed by atoms with van der Waals surface area (Å²) < 4.78 is 0. The normalized spacial score (nSPS) is 15.0. The lowest BCUT2D eigenvalue weighted by Gasteiger charge is -2.23. The highest BCUT2D eigenvalue weighted by Gasteiger charge is 2.21. The van der Waals surface area contributed by atoms with Crippen LogP contribution in [0, 0.1) is 0 Å². The van der Waals surface area contributed by atoms with Crippen LogP contribution in [-0.4, -0.2) is 30.6 Å². The number of hydrogen-bond donors (Lipinski definition) is 1. The highest BCUT2D eigenvalue weighted by Crippen LogP contribution is 2.47. The molecule has 0 bridgehead atoms. The first kappa shape index (κ1) is 15.5. The number of fused-ring (bicyclic) bond motifs is 2. The van der Waals surface area contributed by atoms with Crippen molar-refractivity contribution in [3.8, 4) is 5.75 Å². The lowest BCUT2D eigenvalue weighted by molar-refractivity contribution is 0.417. The first-order valence-electron chi connectivity index (χ1n) is 7.20. The Morgan fingerprint density at radius 2 is 1.91 bits per heavy atom. The summed E-state index contributed by atoms with van der Waals surface area (Å²) in [6, 6.07) is 11.6. The van der Waals surface area contributed by atoms with Gasteiger partial charge in [0.2, 0.25) is 0 Å². The Morgan fingerprint density at radius 3 is 2.68 bits per heavy atom. The Bertz CT molecular complexity index is 740. The SMILES string of the molecule is CN(C)CC/C=C1\c2ccc(O)cc2Sc2ccc(Cl)cc21. The third-order valence-corrected chi connectivity index (χ3v) is 5.00. The summed E-state index contributed by atoms with van der Waals surface area (Å²) in [5.74, 6) is 0.302. The number of aromatic hydroxyl groups is 1. The summed E-state index contributed by atoms with van der Waals surface area (Å²) >= 11 is 7.87. The zero-order chi connectivity index (χ0) is 15.7. The maximum absolute atomic E-state index is 9.75. The first-order valence-corrected chi connectivity index (χ1v) is 8.40. The van der Waals surface area contributed by atoms with Crippen LogP contribution in [0.3, 0.4) is 0 Å². The fourth-order valence-corrected chi connectivity index (χ4v) is 3.86. The lowest BCUT2D eigenvalue weighted by Crippen LogP contribution is -2.12. The molecule has 0 fully saturated rings. The summed E-state index contributed by atoms with van der Waals surface area (Å²) in [6.07, 6.45) is 3.24. The number of hydrogen-bond acceptors (Lipinski definition) is 3. The number of halogens is 1. The molecule has 0 aliphatic carbocycles. The topological polar surface area (TPSA) is 23.5 Å². The van der Waals surface area contributed by atoms with Crippen LogP contribution in [0.2, 0.25) is 5.02 Å². The summed E-state index contributed by atoms with van der Waals surface area (Å²) in [4.78, 5) is 4.44. The van der Waals surface area contributed by atoms with E-state index < -0.39 is 0 Å². The molecule has 4 heteroatoms. The van der Waals surface area contributed by atoms with Gasteiger partial charge in [-0.25, -0.2) is 0 Å². The average Bonchev–Trinajstić information content (AvgIpc) is 2.46. The van der Waals surface area contributed by atoms with Gasteiger partial charge >= 0.3 is 0 Å². The maximum Gasteiger partial charge on any atom is 0.116 e. The van der Waals surface area contributed by atoms with Crippen LogP contribution in [0.25, 0.3) is 5.57 Å². The van der Waals surface area contributed by atoms with Gasteiger partial charge in [0.15, 0.2) is 0 Å². The molecule has 0 atom stereocenters. The minimum absolute atomic E-state index is 0.302. The van der Waals surface area contributed by atoms with Crippen molar-refractivity contribution in [2.45, 2.75) is 16.2 Å². The molecular weight excluding hydrogens is 314 g/mol. The second-order valence-corrected chi connectivity index (χ2v) is 7.15. The van der Waals surface area contributed by atoms with Crippen LogP contribution < -0.4 is 0 Å². The van der Waals surface area contributed by atoms with Gasteiger partial charge in [0.1, 0.15) is 5.75 Å². The Balaban J connectivity index is 2.08. The molecule has 0 aromatic heterocycles. The number of rotatable bonds is 3. The van der Waals surface area contributed by atoms with Crippen LogP contribution in [-0.2, 0) is 0 Å². The molecule has 0 amide bonds. The molecule has 1 aliphatic rings. The highest BCUT2D eigenvalue weighted by molar-refractivity contribution is 7.99. The van der Waals surface area contributed by atoms with Crippen LogP contribution in [0.1, 0.15) is 17.5 Å². The molecule has 1 aliphatic heterocycles. The third-order valence-electron chi connectivity index (χ3n) is 3.63. The maximum atomic E-state index is 9.75. The predicted molar refractivity (Wildman–Crippen MR) is 93.9 cm³/mol. The molecule has 0 saturated carbocycles. The molecule has 2 aromatic carbocycles. The Hall–Kier alpha value is -1.42. The van der Waals surface area contributed by atoms with Gasteiger partial charge in [-0.1, -0.05) is 29.4 Å². The average molecular weight is 332 g/mol. The second kappa shape index (κ2) is 6.37. The van der Waals surface area contributed by atoms with Gasteiger partial charge < -0.3 is 10.0 Å². The fraction of sp³-hybridized carbons (Fsp3) is 0.222. The predicted octanol–water partition coefficient (Wildman–Crippen LogP) is 4.89. The van der Waals surface area contributed by atoms with E-state index in [1.807, 2.05) is 24.3 Å². The van der Waals surface area contributed by atoms with E-state index in [0.29, 0.717) is 5.75 Å². The van der Waals surface area contributed by atoms with E-state index in [4.69, 9.17) is 11.6 Å². The summed E-state index contributed by atoms with van der Waals surface area (Å²) in [5.41, 5.74) is 3.54. The van der Waals surface area contributed by atoms with Crippen molar-refractivity contribution in [3.63, 3.8) is 0 Å². The van der Waals surface area contributed by atoms with E-state index in [1.165, 1.54) is 16.0 Å². The number of phenols is 1. The third kappa shape index (κ3) is 3.17. The molecule has 22 heavy (non-hydrogen) atoms. The van der Waals surface area contributed by atoms with Crippen LogP contribution in [0.15, 0.2) is 52.3 Å². The minimum atomic E-state index is 0.302. The molecule has 2 aromatic rings. The monoisotopic (exact) mass is 331 g/mol. The number of nitrogens with zero attached hydrogens (tertiary/aromatic N) is 1. The Kier molecular flexibility index (Phi) is 4.48. The van der Waals surface area contributed by atoms with Gasteiger partial charge in [0.05, 0.1) is 0 Å². The van der Waals surface area contributed by atoms with Gasteiger partial charge in [0, 0.05) is 21.4 Å². The molecule has 0 saturated heterocycles. The van der Waals surface area contributed by atoms with E-state index in [2.05, 4.69) is 31.1 Å². The molecule has 1 N–H and O–H groups in total. The van der Waals surface area contributed by atoms with E-state index in [0.717, 1.165) is 28.4 Å². The van der Waals surface area contributed by atoms with Gasteiger partial charge in [-0.05, 0) is 73.6 Å². The summed E-state index contributed by atoms with van der Waals surface area (Å²) in [7, 11) is 4.15. The van der Waals surface area contributed by atoms with Crippen molar-refractivity contribution in [3.05, 3.63) is 58.6 Å². The van der Waals surface area contributed by atoms with E-state index in [9.17, 15) is 5.11 Å². The van der Waals surface area contributed by atoms with Crippen molar-refractivity contribution in [1.29, 1.82) is 0 Å². The van der Waals surface area contributed by atoms with Crippen molar-refractivity contribution in [2.24, 2.45) is 0 Å². The fourth-order valence-electron chi connectivity index (χ4n) is 2.57. The zero-order valence-electron chi connectivity index (χ0n) is 12.6. The molecule has 0 radical (unpaired) electrons. The first-order chi connectivity index (χ1) is 10.5. The van der Waals surface area contributed by atoms with Crippen molar-refractivity contribution >= 4 is 28.9 Å². The molecule has 0 unspecified atom stereocenters. The van der Waals surface area contributed by atoms with Gasteiger partial charge in [-0.15, -0.1) is 0 Å². The molecule has 0 spiro atoms. The zero-order valence-corrected chi connectivity index (χ0v) is 14.2. The Labute approximate surface area is 140 Å². The van der Waals surface area contributed by atoms with E-state index in [1.54, 1.807) is 17.8 Å². The molecule has 114 valence electrons. The largest absolute Gasteiger partial charge is 0.508 e.